The molecule has 0 aliphatic carbocycles. The summed E-state index contributed by atoms with van der Waals surface area (Å²) in [5.74, 6) is 0. The Morgan fingerprint density at radius 2 is 2.10 bits per heavy atom. The summed E-state index contributed by atoms with van der Waals surface area (Å²) in [6, 6.07) is 0. The molecule has 2 aliphatic rings. The van der Waals surface area contributed by atoms with E-state index in [0.29, 0.717) is 0 Å². The van der Waals surface area contributed by atoms with E-state index in [-0.39, 0.29) is 6.29 Å². The monoisotopic (exact) mass is 136 g/mol. The van der Waals surface area contributed by atoms with E-state index >= 15 is 0 Å². The van der Waals surface area contributed by atoms with Crippen molar-refractivity contribution in [3.8, 4) is 0 Å². The van der Waals surface area contributed by atoms with Crippen LogP contribution in [-0.2, 0) is 0 Å². The van der Waals surface area contributed by atoms with Gasteiger partial charge in [-0.3, -0.25) is 4.99 Å². The van der Waals surface area contributed by atoms with E-state index < -0.39 is 0 Å². The predicted octanol–water partition coefficient (Wildman–Crippen LogP) is -0.231. The lowest BCUT2D eigenvalue weighted by atomic mass is 10.6. The molecule has 0 unspecified atom stereocenters. The van der Waals surface area contributed by atoms with Gasteiger partial charge >= 0.3 is 0 Å². The number of aliphatic imine (C=N–C) groups is 3. The van der Waals surface area contributed by atoms with Crippen LogP contribution in [0.5, 0.6) is 0 Å². The zero-order chi connectivity index (χ0) is 6.81. The Hall–Kier alpha value is -1.19. The first-order chi connectivity index (χ1) is 4.97. The molecule has 0 saturated heterocycles. The summed E-state index contributed by atoms with van der Waals surface area (Å²) in [6.07, 6.45) is 5.23. The van der Waals surface area contributed by atoms with Crippen molar-refractivity contribution in [3.05, 3.63) is 0 Å². The second-order valence-electron chi connectivity index (χ2n) is 2.20. The maximum atomic E-state index is 4.11. The number of rotatable bonds is 1. The van der Waals surface area contributed by atoms with Gasteiger partial charge in [0.25, 0.3) is 0 Å². The Bertz CT molecular complexity index is 194. The highest BCUT2D eigenvalue weighted by Crippen LogP contribution is 2.05. The molecular formula is C6H8N4. The lowest BCUT2D eigenvalue weighted by Crippen LogP contribution is -2.28. The van der Waals surface area contributed by atoms with Gasteiger partial charge in [-0.05, 0) is 0 Å². The van der Waals surface area contributed by atoms with Crippen LogP contribution in [-0.4, -0.2) is 43.0 Å². The molecule has 2 aliphatic heterocycles. The summed E-state index contributed by atoms with van der Waals surface area (Å²) in [7, 11) is 0. The van der Waals surface area contributed by atoms with E-state index in [4.69, 9.17) is 0 Å². The summed E-state index contributed by atoms with van der Waals surface area (Å²) >= 11 is 0. The average molecular weight is 136 g/mol. The van der Waals surface area contributed by atoms with Crippen LogP contribution in [0.3, 0.4) is 0 Å². The van der Waals surface area contributed by atoms with Crippen LogP contribution in [0.1, 0.15) is 0 Å². The smallest absolute Gasteiger partial charge is 0.217 e. The minimum Gasteiger partial charge on any atom is -0.321 e. The van der Waals surface area contributed by atoms with Gasteiger partial charge in [-0.25, -0.2) is 9.98 Å². The lowest BCUT2D eigenvalue weighted by molar-refractivity contribution is 0.370. The van der Waals surface area contributed by atoms with Crippen molar-refractivity contribution in [1.82, 2.24) is 4.90 Å². The van der Waals surface area contributed by atoms with Gasteiger partial charge in [-0.15, -0.1) is 0 Å². The number of hydrogen-bond acceptors (Lipinski definition) is 4. The molecule has 4 nitrogen and oxygen atoms in total. The largest absolute Gasteiger partial charge is 0.321 e. The lowest BCUT2D eigenvalue weighted by Gasteiger charge is -2.15. The molecular weight excluding hydrogens is 128 g/mol. The SMILES string of the molecule is C1=NCCN1C1N=CC=N1. The fourth-order valence-electron chi connectivity index (χ4n) is 1.01. The summed E-state index contributed by atoms with van der Waals surface area (Å²) in [6.45, 7) is 1.82. The van der Waals surface area contributed by atoms with Crippen molar-refractivity contribution >= 4 is 18.8 Å². The molecule has 52 valence electrons. The third-order valence-electron chi connectivity index (χ3n) is 1.52. The first kappa shape index (κ1) is 5.58. The summed E-state index contributed by atoms with van der Waals surface area (Å²) in [5.41, 5.74) is 0. The van der Waals surface area contributed by atoms with Crippen molar-refractivity contribution < 1.29 is 0 Å². The third-order valence-corrected chi connectivity index (χ3v) is 1.52. The molecule has 2 heterocycles. The first-order valence-electron chi connectivity index (χ1n) is 3.27. The minimum atomic E-state index is -0.0220. The van der Waals surface area contributed by atoms with E-state index in [1.807, 2.05) is 11.2 Å². The zero-order valence-electron chi connectivity index (χ0n) is 5.51. The highest BCUT2D eigenvalue weighted by Gasteiger charge is 2.15. The van der Waals surface area contributed by atoms with Gasteiger partial charge in [0.1, 0.15) is 0 Å². The molecule has 0 atom stereocenters. The maximum Gasteiger partial charge on any atom is 0.217 e. The van der Waals surface area contributed by atoms with Crippen LogP contribution >= 0.6 is 0 Å². The Morgan fingerprint density at radius 3 is 2.70 bits per heavy atom. The quantitative estimate of drug-likeness (QED) is 0.490. The van der Waals surface area contributed by atoms with Crippen molar-refractivity contribution in [3.63, 3.8) is 0 Å². The molecule has 4 heteroatoms. The van der Waals surface area contributed by atoms with Crippen LogP contribution < -0.4 is 0 Å². The highest BCUT2D eigenvalue weighted by atomic mass is 15.4. The van der Waals surface area contributed by atoms with Gasteiger partial charge in [0.15, 0.2) is 0 Å². The standard InChI is InChI=1S/C6H8N4/c1-2-9-6(8-1)10-4-3-7-5-10/h1-2,5-6H,3-4H2. The maximum absolute atomic E-state index is 4.11. The fraction of sp³-hybridized carbons (Fsp3) is 0.500. The number of hydrogen-bond donors (Lipinski definition) is 0. The summed E-state index contributed by atoms with van der Waals surface area (Å²) in [5, 5.41) is 0. The molecule has 0 aromatic rings. The third kappa shape index (κ3) is 0.814. The minimum absolute atomic E-state index is 0.0220. The van der Waals surface area contributed by atoms with E-state index in [9.17, 15) is 0 Å². The normalized spacial score (nSPS) is 23.4. The van der Waals surface area contributed by atoms with Gasteiger partial charge in [0, 0.05) is 19.0 Å². The van der Waals surface area contributed by atoms with Crippen molar-refractivity contribution in [2.45, 2.75) is 6.29 Å². The molecule has 0 radical (unpaired) electrons. The second kappa shape index (κ2) is 2.21. The molecule has 0 spiro atoms. The predicted molar refractivity (Wildman–Crippen MR) is 40.8 cm³/mol. The molecule has 0 saturated carbocycles. The molecule has 0 aromatic carbocycles. The molecule has 0 N–H and O–H groups in total. The molecule has 2 rings (SSSR count). The topological polar surface area (TPSA) is 40.3 Å². The molecule has 0 aromatic heterocycles. The first-order valence-corrected chi connectivity index (χ1v) is 3.27. The van der Waals surface area contributed by atoms with Crippen LogP contribution in [0.4, 0.5) is 0 Å². The molecule has 0 fully saturated rings. The van der Waals surface area contributed by atoms with E-state index in [0.717, 1.165) is 13.1 Å². The van der Waals surface area contributed by atoms with E-state index in [2.05, 4.69) is 15.0 Å². The van der Waals surface area contributed by atoms with Crippen LogP contribution in [0, 0.1) is 0 Å². The highest BCUT2D eigenvalue weighted by molar-refractivity contribution is 6.17. The molecule has 0 amide bonds. The van der Waals surface area contributed by atoms with E-state index in [1.165, 1.54) is 0 Å². The second-order valence-corrected chi connectivity index (χ2v) is 2.20. The number of nitrogens with zero attached hydrogens (tertiary/aromatic N) is 4. The molecule has 10 heavy (non-hydrogen) atoms. The van der Waals surface area contributed by atoms with Gasteiger partial charge in [-0.1, -0.05) is 0 Å². The molecule has 0 bridgehead atoms. The van der Waals surface area contributed by atoms with Gasteiger partial charge in [0.2, 0.25) is 6.29 Å². The van der Waals surface area contributed by atoms with Crippen LogP contribution in [0.25, 0.3) is 0 Å². The van der Waals surface area contributed by atoms with Crippen molar-refractivity contribution in [2.24, 2.45) is 15.0 Å². The van der Waals surface area contributed by atoms with Gasteiger partial charge < -0.3 is 4.90 Å². The Kier molecular flexibility index (Phi) is 1.23. The van der Waals surface area contributed by atoms with Crippen LogP contribution in [0.15, 0.2) is 15.0 Å². The van der Waals surface area contributed by atoms with Crippen molar-refractivity contribution in [1.29, 1.82) is 0 Å². The Morgan fingerprint density at radius 1 is 1.30 bits per heavy atom. The Balaban J connectivity index is 2.05. The van der Waals surface area contributed by atoms with E-state index in [1.54, 1.807) is 12.4 Å². The average Bonchev–Trinajstić information content (AvgIpc) is 2.59. The Labute approximate surface area is 59.0 Å². The van der Waals surface area contributed by atoms with Crippen LogP contribution in [0.2, 0.25) is 0 Å². The van der Waals surface area contributed by atoms with Gasteiger partial charge in [-0.2, -0.15) is 0 Å². The fourth-order valence-corrected chi connectivity index (χ4v) is 1.01. The van der Waals surface area contributed by atoms with Crippen molar-refractivity contribution in [2.75, 3.05) is 13.1 Å². The van der Waals surface area contributed by atoms with Gasteiger partial charge in [0.05, 0.1) is 12.9 Å². The summed E-state index contributed by atoms with van der Waals surface area (Å²) in [4.78, 5) is 14.3. The summed E-state index contributed by atoms with van der Waals surface area (Å²) < 4.78 is 0. The zero-order valence-corrected chi connectivity index (χ0v) is 5.51.